The van der Waals surface area contributed by atoms with Crippen LogP contribution < -0.4 is 16.4 Å². The maximum Gasteiger partial charge on any atom is 0.137 e. The molecule has 1 aliphatic rings. The van der Waals surface area contributed by atoms with Crippen LogP contribution in [0.25, 0.3) is 22.6 Å². The lowest BCUT2D eigenvalue weighted by Gasteiger charge is -1.99. The molecule has 0 unspecified atom stereocenters. The fraction of sp³-hybridized carbons (Fsp3) is 0.231. The number of fused-ring (bicyclic) bond motifs is 3. The van der Waals surface area contributed by atoms with E-state index in [-0.39, 0.29) is 0 Å². The van der Waals surface area contributed by atoms with Crippen molar-refractivity contribution in [3.63, 3.8) is 0 Å². The van der Waals surface area contributed by atoms with Crippen molar-refractivity contribution in [1.29, 1.82) is 0 Å². The summed E-state index contributed by atoms with van der Waals surface area (Å²) in [6.45, 7) is 2.14. The Bertz CT molecular complexity index is 649. The maximum absolute atomic E-state index is 5.84. The van der Waals surface area contributed by atoms with Gasteiger partial charge < -0.3 is 10.2 Å². The maximum atomic E-state index is 5.84. The lowest BCUT2D eigenvalue weighted by molar-refractivity contribution is 0.567. The smallest absolute Gasteiger partial charge is 0.137 e. The minimum Gasteiger partial charge on any atom is -0.456 e. The molecular weight excluding hydrogens is 186 g/mol. The summed E-state index contributed by atoms with van der Waals surface area (Å²) in [5.74, 6) is 0. The minimum atomic E-state index is 0.756. The fourth-order valence-electron chi connectivity index (χ4n) is 2.20. The monoisotopic (exact) mass is 199 g/mol. The molecule has 2 aromatic rings. The molecule has 15 heavy (non-hydrogen) atoms. The van der Waals surface area contributed by atoms with Crippen LogP contribution in [0.1, 0.15) is 19.8 Å². The zero-order valence-electron chi connectivity index (χ0n) is 8.71. The third kappa shape index (κ3) is 1.18. The van der Waals surface area contributed by atoms with Gasteiger partial charge in [-0.05, 0) is 37.5 Å². The Labute approximate surface area is 87.7 Å². The molecule has 1 aromatic heterocycles. The molecule has 1 aliphatic carbocycles. The fourth-order valence-corrected chi connectivity index (χ4v) is 2.20. The van der Waals surface area contributed by atoms with Crippen LogP contribution >= 0.6 is 0 Å². The Morgan fingerprint density at radius 1 is 1.33 bits per heavy atom. The van der Waals surface area contributed by atoms with E-state index in [0.717, 1.165) is 29.5 Å². The van der Waals surface area contributed by atoms with Crippen LogP contribution in [0.2, 0.25) is 0 Å². The second kappa shape index (κ2) is 2.89. The van der Waals surface area contributed by atoms with E-state index in [1.54, 1.807) is 0 Å². The van der Waals surface area contributed by atoms with Gasteiger partial charge in [-0.25, -0.2) is 0 Å². The Balaban J connectivity index is 2.57. The van der Waals surface area contributed by atoms with Gasteiger partial charge in [0.05, 0.1) is 0 Å². The van der Waals surface area contributed by atoms with Gasteiger partial charge in [0.1, 0.15) is 11.0 Å². The standard InChI is InChI=1S/C13H13NO/c1-8-3-2-4-11-10-6-5-9(14)7-12(10)15-13(8)11/h4-7H,2-3,14H2,1H3. The van der Waals surface area contributed by atoms with E-state index in [4.69, 9.17) is 10.2 Å². The number of benzene rings is 1. The first-order valence-corrected chi connectivity index (χ1v) is 5.24. The highest BCUT2D eigenvalue weighted by atomic mass is 16.3. The van der Waals surface area contributed by atoms with Gasteiger partial charge >= 0.3 is 0 Å². The SMILES string of the molecule is CC1=c2oc3cc(N)ccc3c2=CCC1. The summed E-state index contributed by atoms with van der Waals surface area (Å²) in [6.07, 6.45) is 4.46. The Morgan fingerprint density at radius 2 is 2.20 bits per heavy atom. The second-order valence-corrected chi connectivity index (χ2v) is 4.12. The van der Waals surface area contributed by atoms with Crippen LogP contribution in [0, 0.1) is 0 Å². The van der Waals surface area contributed by atoms with Crippen molar-refractivity contribution in [3.8, 4) is 0 Å². The number of furan rings is 1. The molecule has 0 saturated heterocycles. The summed E-state index contributed by atoms with van der Waals surface area (Å²) in [5, 5.41) is 2.42. The van der Waals surface area contributed by atoms with E-state index in [1.165, 1.54) is 16.2 Å². The molecule has 2 N–H and O–H groups in total. The third-order valence-corrected chi connectivity index (χ3v) is 3.01. The average Bonchev–Trinajstić information content (AvgIpc) is 2.57. The summed E-state index contributed by atoms with van der Waals surface area (Å²) in [5.41, 5.74) is 9.77. The molecule has 0 atom stereocenters. The van der Waals surface area contributed by atoms with Crippen LogP contribution in [0.15, 0.2) is 22.6 Å². The molecular formula is C13H13NO. The average molecular weight is 199 g/mol. The van der Waals surface area contributed by atoms with E-state index in [1.807, 2.05) is 18.2 Å². The molecule has 0 fully saturated rings. The molecule has 0 bridgehead atoms. The molecule has 0 saturated carbocycles. The zero-order valence-corrected chi connectivity index (χ0v) is 8.71. The van der Waals surface area contributed by atoms with Crippen molar-refractivity contribution in [2.24, 2.45) is 0 Å². The molecule has 1 heterocycles. The first-order valence-electron chi connectivity index (χ1n) is 5.24. The Morgan fingerprint density at radius 3 is 3.07 bits per heavy atom. The molecule has 2 heteroatoms. The van der Waals surface area contributed by atoms with Crippen LogP contribution in [0.3, 0.4) is 0 Å². The highest BCUT2D eigenvalue weighted by Crippen LogP contribution is 2.16. The predicted octanol–water partition coefficient (Wildman–Crippen LogP) is 1.76. The van der Waals surface area contributed by atoms with Crippen LogP contribution in [-0.4, -0.2) is 0 Å². The molecule has 76 valence electrons. The van der Waals surface area contributed by atoms with E-state index in [9.17, 15) is 0 Å². The van der Waals surface area contributed by atoms with Gasteiger partial charge in [0.25, 0.3) is 0 Å². The lowest BCUT2D eigenvalue weighted by atomic mass is 10.0. The largest absolute Gasteiger partial charge is 0.456 e. The molecule has 0 aliphatic heterocycles. The highest BCUT2D eigenvalue weighted by Gasteiger charge is 2.08. The molecule has 0 amide bonds. The topological polar surface area (TPSA) is 39.2 Å². The number of hydrogen-bond acceptors (Lipinski definition) is 2. The molecule has 3 rings (SSSR count). The van der Waals surface area contributed by atoms with Gasteiger partial charge in [0, 0.05) is 22.4 Å². The van der Waals surface area contributed by atoms with Gasteiger partial charge in [-0.3, -0.25) is 0 Å². The van der Waals surface area contributed by atoms with Crippen LogP contribution in [0.4, 0.5) is 5.69 Å². The van der Waals surface area contributed by atoms with E-state index in [2.05, 4.69) is 13.0 Å². The Hall–Kier alpha value is -1.70. The zero-order chi connectivity index (χ0) is 10.4. The normalized spacial score (nSPS) is 15.1. The van der Waals surface area contributed by atoms with Gasteiger partial charge in [-0.1, -0.05) is 6.08 Å². The van der Waals surface area contributed by atoms with Gasteiger partial charge in [-0.15, -0.1) is 0 Å². The summed E-state index contributed by atoms with van der Waals surface area (Å²) >= 11 is 0. The molecule has 2 nitrogen and oxygen atoms in total. The third-order valence-electron chi connectivity index (χ3n) is 3.01. The summed E-state index contributed by atoms with van der Waals surface area (Å²) in [6, 6.07) is 5.87. The second-order valence-electron chi connectivity index (χ2n) is 4.12. The summed E-state index contributed by atoms with van der Waals surface area (Å²) in [4.78, 5) is 0. The van der Waals surface area contributed by atoms with Crippen molar-refractivity contribution in [3.05, 3.63) is 28.8 Å². The van der Waals surface area contributed by atoms with Crippen molar-refractivity contribution >= 4 is 28.3 Å². The van der Waals surface area contributed by atoms with Crippen LogP contribution in [0.5, 0.6) is 0 Å². The molecule has 1 aromatic carbocycles. The first-order chi connectivity index (χ1) is 7.25. The van der Waals surface area contributed by atoms with Gasteiger partial charge in [-0.2, -0.15) is 0 Å². The highest BCUT2D eigenvalue weighted by molar-refractivity contribution is 5.82. The quantitative estimate of drug-likeness (QED) is 0.657. The van der Waals surface area contributed by atoms with E-state index >= 15 is 0 Å². The van der Waals surface area contributed by atoms with Crippen molar-refractivity contribution in [2.45, 2.75) is 19.8 Å². The van der Waals surface area contributed by atoms with Crippen molar-refractivity contribution in [2.75, 3.05) is 5.73 Å². The number of nitrogens with two attached hydrogens (primary N) is 1. The van der Waals surface area contributed by atoms with E-state index < -0.39 is 0 Å². The predicted molar refractivity (Wildman–Crippen MR) is 62.7 cm³/mol. The van der Waals surface area contributed by atoms with Crippen molar-refractivity contribution < 1.29 is 4.42 Å². The van der Waals surface area contributed by atoms with E-state index in [0.29, 0.717) is 0 Å². The number of anilines is 1. The summed E-state index contributed by atoms with van der Waals surface area (Å²) in [7, 11) is 0. The number of hydrogen-bond donors (Lipinski definition) is 1. The minimum absolute atomic E-state index is 0.756. The lowest BCUT2D eigenvalue weighted by Crippen LogP contribution is -2.24. The Kier molecular flexibility index (Phi) is 1.66. The number of nitrogen functional groups attached to an aromatic ring is 1. The first kappa shape index (κ1) is 8.60. The van der Waals surface area contributed by atoms with Gasteiger partial charge in [0.15, 0.2) is 0 Å². The van der Waals surface area contributed by atoms with Crippen molar-refractivity contribution in [1.82, 2.24) is 0 Å². The van der Waals surface area contributed by atoms with Crippen LogP contribution in [-0.2, 0) is 0 Å². The van der Waals surface area contributed by atoms with Gasteiger partial charge in [0.2, 0.25) is 0 Å². The summed E-state index contributed by atoms with van der Waals surface area (Å²) < 4.78 is 5.84. The molecule has 0 spiro atoms. The molecule has 0 radical (unpaired) electrons. The number of rotatable bonds is 0.